The molecule has 1 aliphatic rings. The Morgan fingerprint density at radius 2 is 1.45 bits per heavy atom. The highest BCUT2D eigenvalue weighted by atomic mass is 35.5. The summed E-state index contributed by atoms with van der Waals surface area (Å²) in [5, 5.41) is 31.0. The lowest BCUT2D eigenvalue weighted by atomic mass is 10.1. The summed E-state index contributed by atoms with van der Waals surface area (Å²) in [5.74, 6) is 0.627. The topological polar surface area (TPSA) is 119 Å². The molecule has 0 saturated carbocycles. The van der Waals surface area contributed by atoms with Crippen molar-refractivity contribution < 1.29 is 23.7 Å². The molecule has 9 heteroatoms. The molecule has 0 saturated heterocycles. The minimum Gasteiger partial charge on any atom is -0.508 e. The number of phenols is 3. The molecule has 3 aromatic rings. The number of phenolic OH excluding ortho intramolecular Hbond substituents is 3. The van der Waals surface area contributed by atoms with Gasteiger partial charge in [0, 0.05) is 11.1 Å². The second-order valence-corrected chi connectivity index (χ2v) is 8.63. The molecule has 0 unspecified atom stereocenters. The van der Waals surface area contributed by atoms with Crippen LogP contribution < -0.4 is 5.32 Å². The lowest BCUT2D eigenvalue weighted by Crippen LogP contribution is -2.18. The van der Waals surface area contributed by atoms with Crippen molar-refractivity contribution in [2.45, 2.75) is 11.8 Å². The first-order valence-electron chi connectivity index (χ1n) is 9.01. The first-order chi connectivity index (χ1) is 14.6. The maximum Gasteiger partial charge on any atom is 0.286 e. The fourth-order valence-corrected chi connectivity index (χ4v) is 4.17. The highest BCUT2D eigenvalue weighted by molar-refractivity contribution is 7.90. The van der Waals surface area contributed by atoms with E-state index in [9.17, 15) is 18.6 Å². The molecule has 0 atom stereocenters. The van der Waals surface area contributed by atoms with Crippen LogP contribution in [0.4, 0.5) is 5.69 Å². The summed E-state index contributed by atoms with van der Waals surface area (Å²) in [7, 11) is -3.57. The van der Waals surface area contributed by atoms with Crippen LogP contribution in [0.15, 0.2) is 70.0 Å². The first kappa shape index (κ1) is 22.2. The fraction of sp³-hybridized carbons (Fsp3) is 0.0455. The van der Waals surface area contributed by atoms with E-state index in [1.807, 2.05) is 6.08 Å². The summed E-state index contributed by atoms with van der Waals surface area (Å²) >= 11 is 5.70. The van der Waals surface area contributed by atoms with Gasteiger partial charge in [-0.2, -0.15) is 8.42 Å². The number of halogens is 1. The molecule has 7 nitrogen and oxygen atoms in total. The molecule has 4 rings (SSSR count). The normalized spacial score (nSPS) is 14.1. The van der Waals surface area contributed by atoms with Crippen LogP contribution in [0, 0.1) is 0 Å². The van der Waals surface area contributed by atoms with Gasteiger partial charge in [-0.3, -0.25) is 0 Å². The number of anilines is 1. The summed E-state index contributed by atoms with van der Waals surface area (Å²) < 4.78 is 26.6. The molecular weight excluding hydrogens is 440 g/mol. The third kappa shape index (κ3) is 6.00. The van der Waals surface area contributed by atoms with Crippen LogP contribution in [-0.4, -0.2) is 29.6 Å². The van der Waals surface area contributed by atoms with E-state index in [4.69, 9.17) is 16.7 Å². The van der Waals surface area contributed by atoms with Crippen molar-refractivity contribution in [3.05, 3.63) is 76.8 Å². The van der Waals surface area contributed by atoms with E-state index >= 15 is 0 Å². The van der Waals surface area contributed by atoms with E-state index in [0.717, 1.165) is 5.56 Å². The van der Waals surface area contributed by atoms with Crippen LogP contribution in [0.5, 0.6) is 17.2 Å². The van der Waals surface area contributed by atoms with E-state index in [2.05, 4.69) is 9.71 Å². The van der Waals surface area contributed by atoms with Crippen molar-refractivity contribution >= 4 is 45.3 Å². The predicted octanol–water partition coefficient (Wildman–Crippen LogP) is 4.85. The van der Waals surface area contributed by atoms with Crippen LogP contribution in [0.3, 0.4) is 0 Å². The largest absolute Gasteiger partial charge is 0.508 e. The van der Waals surface area contributed by atoms with Gasteiger partial charge in [0.25, 0.3) is 10.0 Å². The Kier molecular flexibility index (Phi) is 6.53. The summed E-state index contributed by atoms with van der Waals surface area (Å²) in [6.45, 7) is 1.59. The Hall–Kier alpha value is -3.49. The van der Waals surface area contributed by atoms with Gasteiger partial charge in [-0.1, -0.05) is 35.9 Å². The third-order valence-electron chi connectivity index (χ3n) is 4.08. The molecule has 4 N–H and O–H groups in total. The van der Waals surface area contributed by atoms with Crippen molar-refractivity contribution in [3.63, 3.8) is 0 Å². The van der Waals surface area contributed by atoms with Crippen LogP contribution in [0.1, 0.15) is 18.1 Å². The van der Waals surface area contributed by atoms with E-state index in [1.54, 1.807) is 61.5 Å². The Morgan fingerprint density at radius 1 is 0.839 bits per heavy atom. The van der Waals surface area contributed by atoms with Gasteiger partial charge in [0.2, 0.25) is 0 Å². The Balaban J connectivity index is 0.000000179. The van der Waals surface area contributed by atoms with Crippen LogP contribution >= 0.6 is 11.6 Å². The molecule has 0 aliphatic carbocycles. The standard InChI is InChI=1S/C14H12O3.C8H7ClN2O2S/c15-12-5-3-10(4-6-12)1-2-11-7-13(16)9-14(17)8-11;1-5-10-7-3-2-6(9)4-8(7)14(12,13)11-5/h1-9,15-17H;2-4H,1H3,(H,10,11)/b2-1+;. The van der Waals surface area contributed by atoms with Gasteiger partial charge in [-0.25, -0.2) is 0 Å². The first-order valence-corrected chi connectivity index (χ1v) is 10.8. The van der Waals surface area contributed by atoms with Crippen molar-refractivity contribution in [3.8, 4) is 17.2 Å². The molecule has 1 aliphatic heterocycles. The molecule has 160 valence electrons. The zero-order chi connectivity index (χ0) is 22.6. The van der Waals surface area contributed by atoms with E-state index in [-0.39, 0.29) is 22.1 Å². The molecule has 0 aromatic heterocycles. The van der Waals surface area contributed by atoms with E-state index in [1.165, 1.54) is 12.1 Å². The number of fused-ring (bicyclic) bond motifs is 1. The number of sulfonamides is 1. The number of nitrogens with one attached hydrogen (secondary N) is 1. The zero-order valence-corrected chi connectivity index (χ0v) is 17.9. The minimum absolute atomic E-state index is 0.0235. The van der Waals surface area contributed by atoms with Crippen LogP contribution in [-0.2, 0) is 10.0 Å². The molecule has 31 heavy (non-hydrogen) atoms. The molecular formula is C22H19ClN2O5S. The fourth-order valence-electron chi connectivity index (χ4n) is 2.75. The number of rotatable bonds is 2. The van der Waals surface area contributed by atoms with Gasteiger partial charge in [-0.15, -0.1) is 4.40 Å². The minimum atomic E-state index is -3.57. The number of hydrogen-bond acceptors (Lipinski definition) is 6. The molecule has 0 fully saturated rings. The molecule has 1 heterocycles. The number of amidine groups is 1. The van der Waals surface area contributed by atoms with Gasteiger partial charge in [-0.05, 0) is 60.5 Å². The third-order valence-corrected chi connectivity index (χ3v) is 5.72. The molecule has 3 aromatic carbocycles. The van der Waals surface area contributed by atoms with Gasteiger partial charge >= 0.3 is 0 Å². The summed E-state index contributed by atoms with van der Waals surface area (Å²) in [6, 6.07) is 15.7. The second kappa shape index (κ2) is 9.11. The summed E-state index contributed by atoms with van der Waals surface area (Å²) in [4.78, 5) is 0.121. The smallest absolute Gasteiger partial charge is 0.286 e. The predicted molar refractivity (Wildman–Crippen MR) is 122 cm³/mol. The average molecular weight is 459 g/mol. The monoisotopic (exact) mass is 458 g/mol. The van der Waals surface area contributed by atoms with Crippen molar-refractivity contribution in [1.82, 2.24) is 0 Å². The maximum atomic E-state index is 11.5. The van der Waals surface area contributed by atoms with E-state index < -0.39 is 10.0 Å². The van der Waals surface area contributed by atoms with Gasteiger partial charge in [0.1, 0.15) is 28.0 Å². The number of hydrogen-bond donors (Lipinski definition) is 4. The lowest BCUT2D eigenvalue weighted by molar-refractivity contribution is 0.450. The highest BCUT2D eigenvalue weighted by Crippen LogP contribution is 2.29. The molecule has 0 spiro atoms. The van der Waals surface area contributed by atoms with Crippen molar-refractivity contribution in [2.75, 3.05) is 5.32 Å². The Bertz CT molecular complexity index is 1250. The van der Waals surface area contributed by atoms with Gasteiger partial charge in [0.15, 0.2) is 0 Å². The zero-order valence-electron chi connectivity index (χ0n) is 16.3. The molecule has 0 amide bonds. The van der Waals surface area contributed by atoms with Crippen molar-refractivity contribution in [2.24, 2.45) is 4.40 Å². The van der Waals surface area contributed by atoms with Gasteiger partial charge < -0.3 is 20.6 Å². The average Bonchev–Trinajstić information content (AvgIpc) is 2.67. The van der Waals surface area contributed by atoms with E-state index in [0.29, 0.717) is 22.1 Å². The van der Waals surface area contributed by atoms with Crippen LogP contribution in [0.2, 0.25) is 5.02 Å². The van der Waals surface area contributed by atoms with Gasteiger partial charge in [0.05, 0.1) is 5.69 Å². The number of nitrogens with zero attached hydrogens (tertiary/aromatic N) is 1. The summed E-state index contributed by atoms with van der Waals surface area (Å²) in [5.41, 5.74) is 2.14. The highest BCUT2D eigenvalue weighted by Gasteiger charge is 2.23. The maximum absolute atomic E-state index is 11.5. The lowest BCUT2D eigenvalue weighted by Gasteiger charge is -2.15. The molecule has 0 radical (unpaired) electrons. The Labute approximate surface area is 184 Å². The SMILES string of the molecule is CC1=NS(=O)(=O)c2cc(Cl)ccc2N1.Oc1ccc(/C=C/c2cc(O)cc(O)c2)cc1. The second-order valence-electron chi connectivity index (χ2n) is 6.62. The summed E-state index contributed by atoms with van der Waals surface area (Å²) in [6.07, 6.45) is 3.60. The van der Waals surface area contributed by atoms with Crippen molar-refractivity contribution in [1.29, 1.82) is 0 Å². The Morgan fingerprint density at radius 3 is 2.10 bits per heavy atom. The van der Waals surface area contributed by atoms with Crippen LogP contribution in [0.25, 0.3) is 12.2 Å². The number of aromatic hydroxyl groups is 3. The number of benzene rings is 3. The molecule has 0 bridgehead atoms. The quantitative estimate of drug-likeness (QED) is 0.408.